The van der Waals surface area contributed by atoms with E-state index in [9.17, 15) is 0 Å². The summed E-state index contributed by atoms with van der Waals surface area (Å²) in [5.41, 5.74) is 4.55. The molecule has 0 fully saturated rings. The molecule has 0 atom stereocenters. The molecule has 0 spiro atoms. The number of rotatable bonds is 3. The topological polar surface area (TPSA) is 56.5 Å². The van der Waals surface area contributed by atoms with Crippen molar-refractivity contribution in [1.82, 2.24) is 9.78 Å². The second-order valence-electron chi connectivity index (χ2n) is 5.26. The Bertz CT molecular complexity index is 859. The van der Waals surface area contributed by atoms with E-state index in [1.54, 1.807) is 4.68 Å². The van der Waals surface area contributed by atoms with Crippen molar-refractivity contribution in [3.05, 3.63) is 64.7 Å². The zero-order valence-electron chi connectivity index (χ0n) is 12.1. The molecule has 1 aliphatic rings. The van der Waals surface area contributed by atoms with Crippen molar-refractivity contribution in [1.29, 1.82) is 0 Å². The Morgan fingerprint density at radius 2 is 2.04 bits per heavy atom. The highest BCUT2D eigenvalue weighted by Crippen LogP contribution is 2.33. The molecule has 0 amide bonds. The van der Waals surface area contributed by atoms with Gasteiger partial charge in [0.15, 0.2) is 0 Å². The van der Waals surface area contributed by atoms with Crippen LogP contribution in [0.15, 0.2) is 48.5 Å². The van der Waals surface area contributed by atoms with Crippen molar-refractivity contribution in [2.24, 2.45) is 0 Å². The summed E-state index contributed by atoms with van der Waals surface area (Å²) in [6.07, 6.45) is 0. The highest BCUT2D eigenvalue weighted by Gasteiger charge is 2.22. The molecule has 0 unspecified atom stereocenters. The number of hydrogen-bond acceptors (Lipinski definition) is 4. The molecule has 0 bridgehead atoms. The fourth-order valence-corrected chi connectivity index (χ4v) is 2.86. The lowest BCUT2D eigenvalue weighted by atomic mass is 10.1. The molecule has 6 heteroatoms. The quantitative estimate of drug-likeness (QED) is 0.581. The smallest absolute Gasteiger partial charge is 0.217 e. The van der Waals surface area contributed by atoms with Gasteiger partial charge in [-0.1, -0.05) is 35.9 Å². The van der Waals surface area contributed by atoms with Gasteiger partial charge in [0.2, 0.25) is 5.88 Å². The lowest BCUT2D eigenvalue weighted by molar-refractivity contribution is -0.253. The SMILES string of the molecule is OOCc1cccc2c1COc1cc(-c3ccc(Cl)cc3)nn1-2. The molecule has 5 nitrogen and oxygen atoms in total. The van der Waals surface area contributed by atoms with E-state index in [0.717, 1.165) is 28.1 Å². The highest BCUT2D eigenvalue weighted by molar-refractivity contribution is 6.30. The van der Waals surface area contributed by atoms with Crippen LogP contribution >= 0.6 is 11.6 Å². The normalized spacial score (nSPS) is 12.4. The molecular formula is C17H13ClN2O3. The van der Waals surface area contributed by atoms with Gasteiger partial charge in [0.1, 0.15) is 13.2 Å². The van der Waals surface area contributed by atoms with Crippen LogP contribution in [0, 0.1) is 0 Å². The van der Waals surface area contributed by atoms with Gasteiger partial charge in [-0.25, -0.2) is 9.57 Å². The molecular weight excluding hydrogens is 316 g/mol. The number of fused-ring (bicyclic) bond motifs is 3. The fourth-order valence-electron chi connectivity index (χ4n) is 2.74. The maximum absolute atomic E-state index is 8.72. The predicted octanol–water partition coefficient (Wildman–Crippen LogP) is 4.07. The monoisotopic (exact) mass is 328 g/mol. The minimum absolute atomic E-state index is 0.118. The number of halogens is 1. The molecule has 0 radical (unpaired) electrons. The van der Waals surface area contributed by atoms with Crippen molar-refractivity contribution in [3.8, 4) is 22.8 Å². The van der Waals surface area contributed by atoms with Gasteiger partial charge in [0.05, 0.1) is 11.4 Å². The van der Waals surface area contributed by atoms with Crippen LogP contribution in [-0.4, -0.2) is 15.0 Å². The standard InChI is InChI=1S/C17H13ClN2O3/c18-13-6-4-11(5-7-13)15-8-17-20(19-15)16-3-1-2-12(9-23-21)14(16)10-22-17/h1-8,21H,9-10H2. The number of aromatic nitrogens is 2. The van der Waals surface area contributed by atoms with Crippen LogP contribution in [0.25, 0.3) is 16.9 Å². The maximum Gasteiger partial charge on any atom is 0.217 e. The Labute approximate surface area is 137 Å². The Balaban J connectivity index is 1.80. The summed E-state index contributed by atoms with van der Waals surface area (Å²) in [6, 6.07) is 15.2. The van der Waals surface area contributed by atoms with Gasteiger partial charge >= 0.3 is 0 Å². The first-order valence-electron chi connectivity index (χ1n) is 7.12. The van der Waals surface area contributed by atoms with Crippen molar-refractivity contribution < 1.29 is 14.9 Å². The maximum atomic E-state index is 8.72. The second-order valence-corrected chi connectivity index (χ2v) is 5.70. The molecule has 1 N–H and O–H groups in total. The molecule has 0 aliphatic carbocycles. The minimum Gasteiger partial charge on any atom is -0.473 e. The zero-order valence-corrected chi connectivity index (χ0v) is 12.8. The van der Waals surface area contributed by atoms with Crippen LogP contribution in [-0.2, 0) is 18.1 Å². The van der Waals surface area contributed by atoms with Gasteiger partial charge in [-0.15, -0.1) is 0 Å². The van der Waals surface area contributed by atoms with Gasteiger partial charge in [0.25, 0.3) is 0 Å². The van der Waals surface area contributed by atoms with E-state index in [4.69, 9.17) is 21.6 Å². The number of nitrogens with zero attached hydrogens (tertiary/aromatic N) is 2. The first-order chi connectivity index (χ1) is 11.3. The largest absolute Gasteiger partial charge is 0.473 e. The Kier molecular flexibility index (Phi) is 3.53. The number of hydrogen-bond donors (Lipinski definition) is 1. The van der Waals surface area contributed by atoms with E-state index in [2.05, 4.69) is 9.99 Å². The van der Waals surface area contributed by atoms with Crippen LogP contribution in [0.3, 0.4) is 0 Å². The lowest BCUT2D eigenvalue weighted by Crippen LogP contribution is -2.15. The first-order valence-corrected chi connectivity index (χ1v) is 7.50. The number of benzene rings is 2. The second kappa shape index (κ2) is 5.70. The Morgan fingerprint density at radius 1 is 1.22 bits per heavy atom. The third-order valence-electron chi connectivity index (χ3n) is 3.88. The summed E-state index contributed by atoms with van der Waals surface area (Å²) in [5, 5.41) is 14.0. The molecule has 116 valence electrons. The molecule has 1 aromatic heterocycles. The summed E-state index contributed by atoms with van der Waals surface area (Å²) in [5.74, 6) is 0.685. The van der Waals surface area contributed by atoms with Crippen LogP contribution in [0.1, 0.15) is 11.1 Å². The molecule has 23 heavy (non-hydrogen) atoms. The third-order valence-corrected chi connectivity index (χ3v) is 4.13. The summed E-state index contributed by atoms with van der Waals surface area (Å²) >= 11 is 5.93. The Hall–Kier alpha value is -2.34. The molecule has 2 aromatic carbocycles. The van der Waals surface area contributed by atoms with Crippen molar-refractivity contribution in [2.45, 2.75) is 13.2 Å². The fraction of sp³-hybridized carbons (Fsp3) is 0.118. The summed E-state index contributed by atoms with van der Waals surface area (Å²) < 4.78 is 7.57. The predicted molar refractivity (Wildman–Crippen MR) is 85.8 cm³/mol. The van der Waals surface area contributed by atoms with Crippen molar-refractivity contribution >= 4 is 11.6 Å². The summed E-state index contributed by atoms with van der Waals surface area (Å²) in [6.45, 7) is 0.536. The van der Waals surface area contributed by atoms with Gasteiger partial charge < -0.3 is 4.74 Å². The number of ether oxygens (including phenoxy) is 1. The minimum atomic E-state index is 0.118. The van der Waals surface area contributed by atoms with Crippen molar-refractivity contribution in [3.63, 3.8) is 0 Å². The van der Waals surface area contributed by atoms with Gasteiger partial charge in [0, 0.05) is 22.2 Å². The van der Waals surface area contributed by atoms with E-state index in [1.807, 2.05) is 48.5 Å². The molecule has 0 saturated heterocycles. The molecule has 4 rings (SSSR count). The highest BCUT2D eigenvalue weighted by atomic mass is 35.5. The van der Waals surface area contributed by atoms with Crippen LogP contribution in [0.4, 0.5) is 0 Å². The van der Waals surface area contributed by atoms with E-state index in [1.165, 1.54) is 0 Å². The van der Waals surface area contributed by atoms with Gasteiger partial charge in [-0.3, -0.25) is 5.26 Å². The van der Waals surface area contributed by atoms with Crippen LogP contribution in [0.5, 0.6) is 5.88 Å². The van der Waals surface area contributed by atoms with E-state index in [-0.39, 0.29) is 6.61 Å². The lowest BCUT2D eigenvalue weighted by Gasteiger charge is -2.20. The molecule has 0 saturated carbocycles. The summed E-state index contributed by atoms with van der Waals surface area (Å²) in [4.78, 5) is 4.27. The van der Waals surface area contributed by atoms with E-state index in [0.29, 0.717) is 17.5 Å². The summed E-state index contributed by atoms with van der Waals surface area (Å²) in [7, 11) is 0. The van der Waals surface area contributed by atoms with Gasteiger partial charge in [-0.05, 0) is 23.8 Å². The molecule has 3 aromatic rings. The van der Waals surface area contributed by atoms with Crippen molar-refractivity contribution in [2.75, 3.05) is 0 Å². The first kappa shape index (κ1) is 14.3. The third kappa shape index (κ3) is 2.49. The zero-order chi connectivity index (χ0) is 15.8. The average molecular weight is 329 g/mol. The van der Waals surface area contributed by atoms with Crippen LogP contribution in [0.2, 0.25) is 5.02 Å². The average Bonchev–Trinajstić information content (AvgIpc) is 3.00. The van der Waals surface area contributed by atoms with E-state index >= 15 is 0 Å². The molecule has 2 heterocycles. The van der Waals surface area contributed by atoms with Crippen LogP contribution < -0.4 is 4.74 Å². The van der Waals surface area contributed by atoms with E-state index < -0.39 is 0 Å². The Morgan fingerprint density at radius 3 is 2.83 bits per heavy atom. The van der Waals surface area contributed by atoms with Gasteiger partial charge in [-0.2, -0.15) is 5.10 Å². The molecule has 1 aliphatic heterocycles.